The Hall–Kier alpha value is -2.02. The molecule has 0 aliphatic carbocycles. The summed E-state index contributed by atoms with van der Waals surface area (Å²) in [5, 5.41) is 10.3. The largest absolute Gasteiger partial charge is 0.331 e. The molecular weight excluding hydrogens is 439 g/mol. The van der Waals surface area contributed by atoms with Crippen LogP contribution in [-0.4, -0.2) is 39.8 Å². The van der Waals surface area contributed by atoms with E-state index in [9.17, 15) is 4.79 Å². The fourth-order valence-electron chi connectivity index (χ4n) is 2.82. The van der Waals surface area contributed by atoms with E-state index in [0.717, 1.165) is 11.1 Å². The molecule has 3 rings (SSSR count). The zero-order valence-electron chi connectivity index (χ0n) is 17.6. The molecule has 0 saturated heterocycles. The van der Waals surface area contributed by atoms with Crippen LogP contribution in [0.15, 0.2) is 47.6 Å². The number of hydrogen-bond acceptors (Lipinski definition) is 4. The first-order valence-electron chi connectivity index (χ1n) is 9.42. The van der Waals surface area contributed by atoms with Crippen molar-refractivity contribution in [2.45, 2.75) is 37.1 Å². The van der Waals surface area contributed by atoms with E-state index in [-0.39, 0.29) is 11.4 Å². The molecule has 0 spiro atoms. The Kier molecular flexibility index (Phi) is 6.80. The van der Waals surface area contributed by atoms with Crippen LogP contribution in [0.25, 0.3) is 11.4 Å². The third-order valence-corrected chi connectivity index (χ3v) is 6.15. The fraction of sp³-hybridized carbons (Fsp3) is 0.318. The predicted octanol–water partition coefficient (Wildman–Crippen LogP) is 6.37. The summed E-state index contributed by atoms with van der Waals surface area (Å²) < 4.78 is 1.54. The number of aromatic nitrogens is 3. The molecule has 1 amide bonds. The molecule has 30 heavy (non-hydrogen) atoms. The average molecular weight is 463 g/mol. The Bertz CT molecular complexity index is 1060. The lowest BCUT2D eigenvalue weighted by molar-refractivity contribution is 0.217. The number of hydrogen-bond donors (Lipinski definition) is 0. The molecule has 1 aromatic heterocycles. The molecule has 0 fully saturated rings. The van der Waals surface area contributed by atoms with E-state index in [0.29, 0.717) is 26.8 Å². The Morgan fingerprint density at radius 1 is 1.07 bits per heavy atom. The zero-order chi connectivity index (χ0) is 22.1. The van der Waals surface area contributed by atoms with Crippen molar-refractivity contribution >= 4 is 41.0 Å². The van der Waals surface area contributed by atoms with Crippen molar-refractivity contribution in [3.8, 4) is 11.4 Å². The third kappa shape index (κ3) is 4.99. The van der Waals surface area contributed by atoms with Gasteiger partial charge in [-0.3, -0.25) is 0 Å². The van der Waals surface area contributed by atoms with Crippen molar-refractivity contribution in [2.24, 2.45) is 0 Å². The smallest absolute Gasteiger partial charge is 0.330 e. The van der Waals surface area contributed by atoms with Gasteiger partial charge in [0.15, 0.2) is 11.0 Å². The molecule has 0 aliphatic rings. The second-order valence-corrected chi connectivity index (χ2v) is 9.96. The highest BCUT2D eigenvalue weighted by atomic mass is 35.5. The first-order valence-corrected chi connectivity index (χ1v) is 11.2. The van der Waals surface area contributed by atoms with Crippen molar-refractivity contribution in [1.82, 2.24) is 19.7 Å². The molecule has 5 nitrogen and oxygen atoms in total. The maximum Gasteiger partial charge on any atom is 0.331 e. The molecule has 0 radical (unpaired) electrons. The monoisotopic (exact) mass is 462 g/mol. The normalized spacial score (nSPS) is 11.6. The van der Waals surface area contributed by atoms with Crippen LogP contribution in [0, 0.1) is 0 Å². The minimum atomic E-state index is -0.209. The lowest BCUT2D eigenvalue weighted by Crippen LogP contribution is -2.28. The molecule has 0 unspecified atom stereocenters. The van der Waals surface area contributed by atoms with Gasteiger partial charge in [0.2, 0.25) is 0 Å². The number of carbonyl (C=O) groups is 1. The van der Waals surface area contributed by atoms with E-state index in [4.69, 9.17) is 23.2 Å². The van der Waals surface area contributed by atoms with Gasteiger partial charge in [-0.25, -0.2) is 9.36 Å². The van der Waals surface area contributed by atoms with Gasteiger partial charge in [-0.2, -0.15) is 0 Å². The van der Waals surface area contributed by atoms with Crippen LogP contribution in [0.2, 0.25) is 10.0 Å². The Balaban J connectivity index is 1.95. The number of carbonyl (C=O) groups excluding carboxylic acids is 1. The quantitative estimate of drug-likeness (QED) is 0.422. The first kappa shape index (κ1) is 22.7. The van der Waals surface area contributed by atoms with Gasteiger partial charge in [-0.15, -0.1) is 10.2 Å². The van der Waals surface area contributed by atoms with E-state index in [1.54, 1.807) is 30.8 Å². The van der Waals surface area contributed by atoms with Crippen LogP contribution in [0.1, 0.15) is 31.9 Å². The number of rotatable bonds is 4. The van der Waals surface area contributed by atoms with Crippen molar-refractivity contribution in [3.05, 3.63) is 63.6 Å². The van der Waals surface area contributed by atoms with Crippen molar-refractivity contribution in [2.75, 3.05) is 14.1 Å². The summed E-state index contributed by atoms with van der Waals surface area (Å²) in [6, 6.07) is 13.3. The molecule has 0 aliphatic heterocycles. The van der Waals surface area contributed by atoms with Gasteiger partial charge >= 0.3 is 6.03 Å². The predicted molar refractivity (Wildman–Crippen MR) is 125 cm³/mol. The molecule has 2 aromatic carbocycles. The SMILES string of the molecule is CN(C)C(=O)n1c(SCc2ccc(Cl)cc2Cl)nnc1-c1ccc(C(C)(C)C)cc1. The van der Waals surface area contributed by atoms with Gasteiger partial charge < -0.3 is 4.90 Å². The van der Waals surface area contributed by atoms with Gasteiger partial charge in [0.25, 0.3) is 0 Å². The number of halogens is 2. The van der Waals surface area contributed by atoms with Gasteiger partial charge in [-0.1, -0.05) is 86.1 Å². The topological polar surface area (TPSA) is 51.0 Å². The summed E-state index contributed by atoms with van der Waals surface area (Å²) in [7, 11) is 3.42. The van der Waals surface area contributed by atoms with E-state index in [1.165, 1.54) is 22.2 Å². The summed E-state index contributed by atoms with van der Waals surface area (Å²) in [4.78, 5) is 14.4. The highest BCUT2D eigenvalue weighted by molar-refractivity contribution is 7.98. The number of benzene rings is 2. The summed E-state index contributed by atoms with van der Waals surface area (Å²) in [6.45, 7) is 6.49. The lowest BCUT2D eigenvalue weighted by atomic mass is 9.87. The van der Waals surface area contributed by atoms with E-state index < -0.39 is 0 Å². The summed E-state index contributed by atoms with van der Waals surface area (Å²) in [5.41, 5.74) is 3.00. The van der Waals surface area contributed by atoms with Crippen LogP contribution in [-0.2, 0) is 11.2 Å². The van der Waals surface area contributed by atoms with Crippen molar-refractivity contribution < 1.29 is 4.79 Å². The Morgan fingerprint density at radius 2 is 1.73 bits per heavy atom. The highest BCUT2D eigenvalue weighted by Crippen LogP contribution is 2.31. The van der Waals surface area contributed by atoms with Gasteiger partial charge in [0.05, 0.1) is 0 Å². The second kappa shape index (κ2) is 9.00. The molecule has 0 N–H and O–H groups in total. The highest BCUT2D eigenvalue weighted by Gasteiger charge is 2.22. The molecule has 1 heterocycles. The van der Waals surface area contributed by atoms with Gasteiger partial charge in [0, 0.05) is 35.5 Å². The van der Waals surface area contributed by atoms with Gasteiger partial charge in [0.1, 0.15) is 0 Å². The fourth-order valence-corrected chi connectivity index (χ4v) is 4.31. The number of thioether (sulfide) groups is 1. The zero-order valence-corrected chi connectivity index (χ0v) is 19.9. The summed E-state index contributed by atoms with van der Waals surface area (Å²) in [6.07, 6.45) is 0. The van der Waals surface area contributed by atoms with E-state index >= 15 is 0 Å². The van der Waals surface area contributed by atoms with Crippen LogP contribution in [0.3, 0.4) is 0 Å². The van der Waals surface area contributed by atoms with Crippen molar-refractivity contribution in [3.63, 3.8) is 0 Å². The summed E-state index contributed by atoms with van der Waals surface area (Å²) in [5.74, 6) is 1.05. The molecule has 0 saturated carbocycles. The lowest BCUT2D eigenvalue weighted by Gasteiger charge is -2.19. The Morgan fingerprint density at radius 3 is 2.30 bits per heavy atom. The van der Waals surface area contributed by atoms with Gasteiger partial charge in [-0.05, 0) is 28.7 Å². The first-order chi connectivity index (χ1) is 14.1. The standard InChI is InChI=1S/C22H24Cl2N4OS/c1-22(2,3)16-9-6-14(7-10-16)19-25-26-20(28(19)21(29)27(4)5)30-13-15-8-11-17(23)12-18(15)24/h6-12H,13H2,1-5H3. The van der Waals surface area contributed by atoms with Crippen LogP contribution >= 0.6 is 35.0 Å². The number of nitrogens with zero attached hydrogens (tertiary/aromatic N) is 4. The van der Waals surface area contributed by atoms with E-state index in [2.05, 4.69) is 43.1 Å². The minimum Gasteiger partial charge on any atom is -0.330 e. The second-order valence-electron chi connectivity index (χ2n) is 8.17. The molecule has 3 aromatic rings. The minimum absolute atomic E-state index is 0.0461. The molecule has 8 heteroatoms. The molecular formula is C22H24Cl2N4OS. The third-order valence-electron chi connectivity index (χ3n) is 4.59. The molecule has 0 atom stereocenters. The maximum absolute atomic E-state index is 12.9. The van der Waals surface area contributed by atoms with E-state index in [1.807, 2.05) is 18.2 Å². The van der Waals surface area contributed by atoms with Crippen LogP contribution < -0.4 is 0 Å². The maximum atomic E-state index is 12.9. The molecule has 0 bridgehead atoms. The van der Waals surface area contributed by atoms with Crippen molar-refractivity contribution in [1.29, 1.82) is 0 Å². The average Bonchev–Trinajstić information content (AvgIpc) is 3.09. The number of amides is 1. The molecule has 158 valence electrons. The van der Waals surface area contributed by atoms with Crippen LogP contribution in [0.5, 0.6) is 0 Å². The summed E-state index contributed by atoms with van der Waals surface area (Å²) >= 11 is 13.7. The van der Waals surface area contributed by atoms with Crippen LogP contribution in [0.4, 0.5) is 4.79 Å². The Labute approximate surface area is 191 Å².